The van der Waals surface area contributed by atoms with Crippen molar-refractivity contribution >= 4 is 65.3 Å². The molecule has 1 aromatic heterocycles. The summed E-state index contributed by atoms with van der Waals surface area (Å²) < 4.78 is 69.1. The van der Waals surface area contributed by atoms with Crippen molar-refractivity contribution in [3.63, 3.8) is 0 Å². The van der Waals surface area contributed by atoms with Gasteiger partial charge in [0.05, 0.1) is 31.0 Å². The Hall–Kier alpha value is -1.48. The smallest absolute Gasteiger partial charge is 0.748 e. The third kappa shape index (κ3) is 10.3. The van der Waals surface area contributed by atoms with E-state index in [0.717, 1.165) is 36.4 Å². The van der Waals surface area contributed by atoms with E-state index < -0.39 is 20.2 Å². The summed E-state index contributed by atoms with van der Waals surface area (Å²) in [6.45, 7) is 3.24. The normalized spacial score (nSPS) is 15.1. The Kier molecular flexibility index (Phi) is 12.7. The van der Waals surface area contributed by atoms with Gasteiger partial charge in [-0.2, -0.15) is 4.57 Å². The van der Waals surface area contributed by atoms with Crippen LogP contribution in [0.25, 0.3) is 16.3 Å². The fourth-order valence-electron chi connectivity index (χ4n) is 4.37. The van der Waals surface area contributed by atoms with Crippen molar-refractivity contribution in [1.29, 1.82) is 0 Å². The summed E-state index contributed by atoms with van der Waals surface area (Å²) in [6.07, 6.45) is 10.00. The van der Waals surface area contributed by atoms with E-state index in [0.29, 0.717) is 38.8 Å². The van der Waals surface area contributed by atoms with Crippen LogP contribution in [0.4, 0.5) is 5.69 Å². The predicted molar refractivity (Wildman–Crippen MR) is 160 cm³/mol. The van der Waals surface area contributed by atoms with E-state index in [1.807, 2.05) is 55.5 Å². The molecule has 0 aliphatic carbocycles. The average Bonchev–Trinajstić information content (AvgIpc) is 3.43. The number of allylic oxidation sites excluding steroid dienone is 4. The van der Waals surface area contributed by atoms with Gasteiger partial charge in [-0.25, -0.2) is 16.8 Å². The number of rotatable bonds is 13. The van der Waals surface area contributed by atoms with Crippen molar-refractivity contribution in [2.24, 2.45) is 0 Å². The molecule has 2 heterocycles. The quantitative estimate of drug-likeness (QED) is 0.0916. The van der Waals surface area contributed by atoms with E-state index >= 15 is 0 Å². The second kappa shape index (κ2) is 15.3. The first kappa shape index (κ1) is 34.0. The molecule has 0 saturated heterocycles. The number of unbranched alkanes of at least 4 members (excludes halogenated alkanes) is 2. The second-order valence-corrected chi connectivity index (χ2v) is 14.6. The molecule has 4 rings (SSSR count). The van der Waals surface area contributed by atoms with Crippen molar-refractivity contribution in [2.75, 3.05) is 23.0 Å². The number of aromatic nitrogens is 1. The van der Waals surface area contributed by atoms with Crippen LogP contribution in [0.5, 0.6) is 0 Å². The van der Waals surface area contributed by atoms with Crippen LogP contribution in [0, 0.1) is 0 Å². The van der Waals surface area contributed by atoms with Gasteiger partial charge in [-0.15, -0.1) is 0 Å². The third-order valence-electron chi connectivity index (χ3n) is 6.30. The van der Waals surface area contributed by atoms with E-state index in [-0.39, 0.29) is 41.1 Å². The van der Waals surface area contributed by atoms with E-state index in [4.69, 9.17) is 0 Å². The van der Waals surface area contributed by atoms with Crippen molar-refractivity contribution in [3.8, 4) is 0 Å². The van der Waals surface area contributed by atoms with Crippen LogP contribution < -0.4 is 39.0 Å². The van der Waals surface area contributed by atoms with Crippen LogP contribution in [0.2, 0.25) is 0 Å². The molecule has 41 heavy (non-hydrogen) atoms. The summed E-state index contributed by atoms with van der Waals surface area (Å²) in [5, 5.41) is 2.06. The van der Waals surface area contributed by atoms with Gasteiger partial charge in [-0.3, -0.25) is 0 Å². The maximum atomic E-state index is 11.0. The fourth-order valence-corrected chi connectivity index (χ4v) is 7.67. The van der Waals surface area contributed by atoms with Gasteiger partial charge in [0.25, 0.3) is 5.01 Å². The first-order valence-corrected chi connectivity index (χ1v) is 17.7. The van der Waals surface area contributed by atoms with Crippen LogP contribution in [-0.2, 0) is 26.8 Å². The minimum absolute atomic E-state index is 0. The Labute approximate surface area is 272 Å². The third-order valence-corrected chi connectivity index (χ3v) is 10.1. The zero-order valence-corrected chi connectivity index (χ0v) is 28.3. The zero-order valence-electron chi connectivity index (χ0n) is 23.1. The minimum atomic E-state index is -4.21. The molecule has 0 N–H and O–H groups in total. The molecule has 2 aromatic carbocycles. The Bertz CT molecular complexity index is 1660. The van der Waals surface area contributed by atoms with Crippen molar-refractivity contribution in [3.05, 3.63) is 82.4 Å². The Morgan fingerprint density at radius 2 is 1.59 bits per heavy atom. The number of para-hydroxylation sites is 2. The predicted octanol–water partition coefficient (Wildman–Crippen LogP) is 2.26. The van der Waals surface area contributed by atoms with Crippen LogP contribution in [0.1, 0.15) is 37.6 Å². The number of thioether (sulfide) groups is 1. The molecular formula is C28H31N2NaO6S4. The second-order valence-electron chi connectivity index (χ2n) is 9.47. The Morgan fingerprint density at radius 1 is 0.927 bits per heavy atom. The number of nitrogens with zero attached hydrogens (tertiary/aromatic N) is 2. The van der Waals surface area contributed by atoms with Crippen LogP contribution in [0.3, 0.4) is 0 Å². The summed E-state index contributed by atoms with van der Waals surface area (Å²) in [5.74, 6) is -0.706. The molecular weight excluding hydrogens is 612 g/mol. The molecule has 13 heteroatoms. The largest absolute Gasteiger partial charge is 1.00 e. The summed E-state index contributed by atoms with van der Waals surface area (Å²) >= 11 is 3.31. The van der Waals surface area contributed by atoms with Gasteiger partial charge in [0, 0.05) is 41.5 Å². The van der Waals surface area contributed by atoms with Crippen molar-refractivity contribution in [2.45, 2.75) is 44.0 Å². The molecule has 0 bridgehead atoms. The number of anilines is 1. The molecule has 0 saturated carbocycles. The fraction of sp³-hybridized carbons (Fsp3) is 0.321. The number of hydrogen-bond donors (Lipinski definition) is 0. The van der Waals surface area contributed by atoms with Gasteiger partial charge in [0.15, 0.2) is 6.54 Å². The van der Waals surface area contributed by atoms with Crippen LogP contribution >= 0.6 is 23.1 Å². The molecule has 0 radical (unpaired) electrons. The van der Waals surface area contributed by atoms with Gasteiger partial charge in [0.1, 0.15) is 4.70 Å². The molecule has 214 valence electrons. The standard InChI is InChI=1S/C28H32N2O6S4.Na/c1-22(14-16-27-29(18-6-8-20-39(31,32)33)23-10-2-4-12-25(23)37-27)15-17-28-30(19-7-9-21-40(34,35)36)24-11-3-5-13-26(24)38-28;/h2-5,10-17H,6-9,18-21H2,1H3,(H-,31,32,33,34,35,36);/q;+1/p-1. The van der Waals surface area contributed by atoms with Crippen LogP contribution in [0.15, 0.2) is 82.3 Å². The molecule has 0 amide bonds. The molecule has 1 aliphatic rings. The monoisotopic (exact) mass is 642 g/mol. The van der Waals surface area contributed by atoms with E-state index in [1.165, 1.54) is 0 Å². The first-order chi connectivity index (χ1) is 19.0. The average molecular weight is 643 g/mol. The molecule has 3 aromatic rings. The minimum Gasteiger partial charge on any atom is -0.748 e. The molecule has 1 aliphatic heterocycles. The van der Waals surface area contributed by atoms with Gasteiger partial charge in [-0.05, 0) is 50.5 Å². The van der Waals surface area contributed by atoms with Gasteiger partial charge in [0.2, 0.25) is 5.52 Å². The summed E-state index contributed by atoms with van der Waals surface area (Å²) in [7, 11) is -8.42. The Morgan fingerprint density at radius 3 is 2.32 bits per heavy atom. The van der Waals surface area contributed by atoms with Crippen LogP contribution in [-0.4, -0.2) is 44.0 Å². The number of hydrogen-bond acceptors (Lipinski definition) is 9. The van der Waals surface area contributed by atoms with E-state index in [2.05, 4.69) is 33.8 Å². The van der Waals surface area contributed by atoms with Crippen molar-refractivity contribution in [1.82, 2.24) is 0 Å². The van der Waals surface area contributed by atoms with Gasteiger partial charge >= 0.3 is 29.6 Å². The molecule has 0 fully saturated rings. The molecule has 8 nitrogen and oxygen atoms in total. The zero-order chi connectivity index (χ0) is 28.8. The maximum Gasteiger partial charge on any atom is 1.00 e. The first-order valence-electron chi connectivity index (χ1n) is 12.9. The topological polar surface area (TPSA) is 122 Å². The maximum absolute atomic E-state index is 11.0. The summed E-state index contributed by atoms with van der Waals surface area (Å²) in [4.78, 5) is 3.29. The molecule has 0 atom stereocenters. The number of benzene rings is 2. The molecule has 0 unspecified atom stereocenters. The van der Waals surface area contributed by atoms with Gasteiger partial charge < -0.3 is 14.0 Å². The number of thiazole rings is 1. The van der Waals surface area contributed by atoms with E-state index in [1.54, 1.807) is 23.1 Å². The summed E-state index contributed by atoms with van der Waals surface area (Å²) in [5.41, 5.74) is 3.17. The molecule has 0 spiro atoms. The Balaban J connectivity index is 0.00000462. The van der Waals surface area contributed by atoms with E-state index in [9.17, 15) is 25.9 Å². The van der Waals surface area contributed by atoms with Gasteiger partial charge in [-0.1, -0.05) is 65.1 Å². The summed E-state index contributed by atoms with van der Waals surface area (Å²) in [6, 6.07) is 16.1. The number of fused-ring (bicyclic) bond motifs is 2. The SMILES string of the molecule is CC(/C=C/c1sc2ccccc2[n+]1CCCCS(=O)(=O)[O-])=C\C=C1/Sc2ccccc2N1CCCCS(=O)(=O)[O-].[Na+]. The van der Waals surface area contributed by atoms with Crippen molar-refractivity contribution < 1.29 is 60.1 Å². The number of aryl methyl sites for hydroxylation is 1.